The van der Waals surface area contributed by atoms with Crippen LogP contribution in [-0.2, 0) is 19.1 Å². The van der Waals surface area contributed by atoms with E-state index in [0.29, 0.717) is 10.2 Å². The van der Waals surface area contributed by atoms with E-state index < -0.39 is 23.7 Å². The number of carbonyl (C=O) groups is 3. The fourth-order valence-corrected chi connectivity index (χ4v) is 2.22. The third-order valence-electron chi connectivity index (χ3n) is 2.64. The van der Waals surface area contributed by atoms with E-state index in [-0.39, 0.29) is 11.1 Å². The average molecular weight is 370 g/mol. The average Bonchev–Trinajstić information content (AvgIpc) is 2.35. The highest BCUT2D eigenvalue weighted by molar-refractivity contribution is 9.10. The first-order valence-corrected chi connectivity index (χ1v) is 6.94. The number of hydrogen-bond acceptors (Lipinski definition) is 6. The number of cyclic esters (lactones) is 2. The molecule has 0 aromatic heterocycles. The van der Waals surface area contributed by atoms with Crippen LogP contribution >= 0.6 is 15.9 Å². The van der Waals surface area contributed by atoms with Gasteiger partial charge in [-0.2, -0.15) is 0 Å². The standard InChI is InChI=1S/C14H12BrNO6/c1-14(2)21-12(19)10(13(20)22-14)6-16-9-4-7(11(17)18)3-8(15)5-9/h3-6,16H,1-2H3,(H,17,18). The molecular formula is C14H12BrNO6. The molecule has 116 valence electrons. The fraction of sp³-hybridized carbons (Fsp3) is 0.214. The number of esters is 2. The van der Waals surface area contributed by atoms with Crippen molar-refractivity contribution in [2.75, 3.05) is 5.32 Å². The van der Waals surface area contributed by atoms with Crippen molar-refractivity contribution in [2.24, 2.45) is 0 Å². The summed E-state index contributed by atoms with van der Waals surface area (Å²) < 4.78 is 10.4. The van der Waals surface area contributed by atoms with E-state index in [0.717, 1.165) is 6.20 Å². The zero-order valence-corrected chi connectivity index (χ0v) is 13.3. The maximum absolute atomic E-state index is 11.7. The summed E-state index contributed by atoms with van der Waals surface area (Å²) in [4.78, 5) is 34.5. The third-order valence-corrected chi connectivity index (χ3v) is 3.10. The quantitative estimate of drug-likeness (QED) is 0.478. The first kappa shape index (κ1) is 16.0. The summed E-state index contributed by atoms with van der Waals surface area (Å²) in [6.07, 6.45) is 1.12. The minimum Gasteiger partial charge on any atom is -0.478 e. The molecule has 0 aliphatic carbocycles. The Morgan fingerprint density at radius 2 is 1.82 bits per heavy atom. The van der Waals surface area contributed by atoms with Gasteiger partial charge in [0.15, 0.2) is 5.57 Å². The normalized spacial score (nSPS) is 16.6. The highest BCUT2D eigenvalue weighted by Gasteiger charge is 2.38. The first-order chi connectivity index (χ1) is 10.2. The number of benzene rings is 1. The molecule has 7 nitrogen and oxygen atoms in total. The van der Waals surface area contributed by atoms with E-state index in [9.17, 15) is 14.4 Å². The number of ether oxygens (including phenoxy) is 2. The van der Waals surface area contributed by atoms with Crippen LogP contribution < -0.4 is 5.32 Å². The Labute approximate surface area is 134 Å². The molecule has 2 rings (SSSR count). The van der Waals surface area contributed by atoms with Gasteiger partial charge in [-0.25, -0.2) is 14.4 Å². The second kappa shape index (κ2) is 5.80. The summed E-state index contributed by atoms with van der Waals surface area (Å²) in [5, 5.41) is 11.7. The zero-order chi connectivity index (χ0) is 16.5. The number of rotatable bonds is 3. The van der Waals surface area contributed by atoms with Gasteiger partial charge in [0.25, 0.3) is 5.79 Å². The second-order valence-corrected chi connectivity index (χ2v) is 5.83. The van der Waals surface area contributed by atoms with Gasteiger partial charge >= 0.3 is 17.9 Å². The predicted molar refractivity (Wildman–Crippen MR) is 79.1 cm³/mol. The van der Waals surface area contributed by atoms with Crippen LogP contribution in [0.4, 0.5) is 5.69 Å². The van der Waals surface area contributed by atoms with Crippen molar-refractivity contribution >= 4 is 39.5 Å². The van der Waals surface area contributed by atoms with Crippen molar-refractivity contribution in [1.29, 1.82) is 0 Å². The van der Waals surface area contributed by atoms with Crippen molar-refractivity contribution in [2.45, 2.75) is 19.6 Å². The highest BCUT2D eigenvalue weighted by Crippen LogP contribution is 2.24. The molecule has 1 aliphatic rings. The van der Waals surface area contributed by atoms with Crippen LogP contribution in [-0.4, -0.2) is 28.8 Å². The van der Waals surface area contributed by atoms with Crippen LogP contribution in [0.3, 0.4) is 0 Å². The van der Waals surface area contributed by atoms with Crippen molar-refractivity contribution in [3.63, 3.8) is 0 Å². The molecule has 0 atom stereocenters. The number of aromatic carboxylic acids is 1. The van der Waals surface area contributed by atoms with Crippen LogP contribution in [0.15, 0.2) is 34.4 Å². The SMILES string of the molecule is CC1(C)OC(=O)C(=CNc2cc(Br)cc(C(=O)O)c2)C(=O)O1. The molecule has 1 aliphatic heterocycles. The molecule has 8 heteroatoms. The molecule has 1 aromatic carbocycles. The maximum atomic E-state index is 11.7. The molecule has 22 heavy (non-hydrogen) atoms. The third kappa shape index (κ3) is 3.64. The number of carbonyl (C=O) groups excluding carboxylic acids is 2. The number of halogens is 1. The topological polar surface area (TPSA) is 102 Å². The highest BCUT2D eigenvalue weighted by atomic mass is 79.9. The van der Waals surface area contributed by atoms with Crippen LogP contribution in [0.2, 0.25) is 0 Å². The van der Waals surface area contributed by atoms with E-state index in [2.05, 4.69) is 21.2 Å². The lowest BCUT2D eigenvalue weighted by Crippen LogP contribution is -2.42. The lowest BCUT2D eigenvalue weighted by molar-refractivity contribution is -0.222. The maximum Gasteiger partial charge on any atom is 0.350 e. The van der Waals surface area contributed by atoms with E-state index in [1.54, 1.807) is 6.07 Å². The molecule has 1 saturated heterocycles. The van der Waals surface area contributed by atoms with Gasteiger partial charge in [-0.15, -0.1) is 0 Å². The molecule has 0 spiro atoms. The van der Waals surface area contributed by atoms with Crippen molar-refractivity contribution < 1.29 is 29.0 Å². The van der Waals surface area contributed by atoms with Gasteiger partial charge in [0, 0.05) is 30.2 Å². The summed E-state index contributed by atoms with van der Waals surface area (Å²) in [7, 11) is 0. The van der Waals surface area contributed by atoms with Gasteiger partial charge in [-0.1, -0.05) is 15.9 Å². The van der Waals surface area contributed by atoms with Crippen LogP contribution in [0.1, 0.15) is 24.2 Å². The Hall–Kier alpha value is -2.35. The molecule has 1 aromatic rings. The van der Waals surface area contributed by atoms with Crippen LogP contribution in [0, 0.1) is 0 Å². The molecule has 0 amide bonds. The molecule has 1 heterocycles. The summed E-state index contributed by atoms with van der Waals surface area (Å²) in [6.45, 7) is 2.89. The number of anilines is 1. The Balaban J connectivity index is 2.23. The largest absolute Gasteiger partial charge is 0.478 e. The molecule has 0 bridgehead atoms. The monoisotopic (exact) mass is 369 g/mol. The van der Waals surface area contributed by atoms with Crippen molar-refractivity contribution in [3.8, 4) is 0 Å². The van der Waals surface area contributed by atoms with Crippen LogP contribution in [0.5, 0.6) is 0 Å². The second-order valence-electron chi connectivity index (χ2n) is 4.91. The number of carboxylic acid groups (broad SMARTS) is 1. The molecule has 0 saturated carbocycles. The Morgan fingerprint density at radius 1 is 1.23 bits per heavy atom. The lowest BCUT2D eigenvalue weighted by atomic mass is 10.2. The van der Waals surface area contributed by atoms with Gasteiger partial charge in [0.1, 0.15) is 0 Å². The smallest absolute Gasteiger partial charge is 0.350 e. The summed E-state index contributed by atoms with van der Waals surface area (Å²) in [6, 6.07) is 4.37. The van der Waals surface area contributed by atoms with Gasteiger partial charge < -0.3 is 19.9 Å². The zero-order valence-electron chi connectivity index (χ0n) is 11.7. The minimum absolute atomic E-state index is 0.0465. The molecule has 2 N–H and O–H groups in total. The fourth-order valence-electron chi connectivity index (χ4n) is 1.73. The Bertz CT molecular complexity index is 673. The predicted octanol–water partition coefficient (Wildman–Crippen LogP) is 2.28. The van der Waals surface area contributed by atoms with Crippen molar-refractivity contribution in [1.82, 2.24) is 0 Å². The lowest BCUT2D eigenvalue weighted by Gasteiger charge is -2.29. The number of carboxylic acids is 1. The van der Waals surface area contributed by atoms with Gasteiger partial charge in [0.2, 0.25) is 0 Å². The Morgan fingerprint density at radius 3 is 2.36 bits per heavy atom. The number of hydrogen-bond donors (Lipinski definition) is 2. The summed E-state index contributed by atoms with van der Waals surface area (Å²) >= 11 is 3.18. The summed E-state index contributed by atoms with van der Waals surface area (Å²) in [5.41, 5.74) is 0.117. The molecule has 1 fully saturated rings. The van der Waals surface area contributed by atoms with Crippen LogP contribution in [0.25, 0.3) is 0 Å². The van der Waals surface area contributed by atoms with Gasteiger partial charge in [0.05, 0.1) is 5.56 Å². The molecular weight excluding hydrogens is 358 g/mol. The van der Waals surface area contributed by atoms with E-state index in [4.69, 9.17) is 14.6 Å². The van der Waals surface area contributed by atoms with E-state index in [1.165, 1.54) is 26.0 Å². The number of nitrogens with one attached hydrogen (secondary N) is 1. The van der Waals surface area contributed by atoms with E-state index >= 15 is 0 Å². The van der Waals surface area contributed by atoms with Gasteiger partial charge in [-0.05, 0) is 18.2 Å². The first-order valence-electron chi connectivity index (χ1n) is 6.15. The Kier molecular flexibility index (Phi) is 4.23. The van der Waals surface area contributed by atoms with Crippen molar-refractivity contribution in [3.05, 3.63) is 40.0 Å². The minimum atomic E-state index is -1.31. The molecule has 0 radical (unpaired) electrons. The van der Waals surface area contributed by atoms with E-state index in [1.807, 2.05) is 0 Å². The molecule has 0 unspecified atom stereocenters. The van der Waals surface area contributed by atoms with Gasteiger partial charge in [-0.3, -0.25) is 0 Å². The summed E-state index contributed by atoms with van der Waals surface area (Å²) in [5.74, 6) is -4.04.